The van der Waals surface area contributed by atoms with E-state index < -0.39 is 0 Å². The smallest absolute Gasteiger partial charge is 0.255 e. The molecule has 1 aliphatic heterocycles. The molecule has 0 radical (unpaired) electrons. The Bertz CT molecular complexity index is 1070. The molecule has 2 aromatic carbocycles. The highest BCUT2D eigenvalue weighted by Crippen LogP contribution is 2.33. The number of amides is 1. The molecule has 1 amide bonds. The summed E-state index contributed by atoms with van der Waals surface area (Å²) in [5.74, 6) is 0.683. The van der Waals surface area contributed by atoms with Crippen molar-refractivity contribution in [2.45, 2.75) is 25.7 Å². The predicted molar refractivity (Wildman–Crippen MR) is 118 cm³/mol. The summed E-state index contributed by atoms with van der Waals surface area (Å²) in [6.07, 6.45) is 9.30. The van der Waals surface area contributed by atoms with Crippen LogP contribution >= 0.6 is 0 Å². The van der Waals surface area contributed by atoms with Crippen LogP contribution in [0, 0.1) is 5.92 Å². The highest BCUT2D eigenvalue weighted by Gasteiger charge is 2.25. The highest BCUT2D eigenvalue weighted by atomic mass is 16.1. The summed E-state index contributed by atoms with van der Waals surface area (Å²) < 4.78 is 0. The Hall–Kier alpha value is -3.14. The summed E-state index contributed by atoms with van der Waals surface area (Å²) in [5.41, 5.74) is 5.09. The SMILES string of the molecule is O=C(Nc1cnc2ccccc2c1)c1ccc(N2CCC3CCCC=C3C2)cc1. The first kappa shape index (κ1) is 17.9. The van der Waals surface area contributed by atoms with Gasteiger partial charge in [-0.15, -0.1) is 0 Å². The molecule has 1 aromatic heterocycles. The molecule has 1 unspecified atom stereocenters. The molecule has 2 heterocycles. The molecule has 146 valence electrons. The van der Waals surface area contributed by atoms with Crippen molar-refractivity contribution in [2.24, 2.45) is 5.92 Å². The zero-order valence-electron chi connectivity index (χ0n) is 16.5. The molecule has 0 spiro atoms. The van der Waals surface area contributed by atoms with Gasteiger partial charge in [-0.05, 0) is 68.0 Å². The van der Waals surface area contributed by atoms with Crippen molar-refractivity contribution in [3.8, 4) is 0 Å². The number of allylic oxidation sites excluding steroid dienone is 1. The first-order valence-electron chi connectivity index (χ1n) is 10.5. The number of aromatic nitrogens is 1. The second kappa shape index (κ2) is 7.70. The van der Waals surface area contributed by atoms with Crippen LogP contribution in [-0.4, -0.2) is 24.0 Å². The summed E-state index contributed by atoms with van der Waals surface area (Å²) in [6, 6.07) is 17.8. The Morgan fingerprint density at radius 2 is 1.93 bits per heavy atom. The standard InChI is InChI=1S/C25H25N3O/c29-25(27-22-15-20-6-3-4-8-24(20)26-16-22)19-9-11-23(12-10-19)28-14-13-18-5-1-2-7-21(18)17-28/h3-4,6-12,15-16,18H,1-2,5,13-14,17H2,(H,27,29). The van der Waals surface area contributed by atoms with Crippen molar-refractivity contribution in [3.05, 3.63) is 78.0 Å². The molecule has 1 fully saturated rings. The van der Waals surface area contributed by atoms with E-state index in [2.05, 4.69) is 33.4 Å². The molecule has 1 saturated heterocycles. The van der Waals surface area contributed by atoms with Gasteiger partial charge in [-0.25, -0.2) is 0 Å². The van der Waals surface area contributed by atoms with Crippen molar-refractivity contribution in [1.82, 2.24) is 4.98 Å². The van der Waals surface area contributed by atoms with Gasteiger partial charge in [0.25, 0.3) is 5.91 Å². The average molecular weight is 383 g/mol. The van der Waals surface area contributed by atoms with Gasteiger partial charge in [0.2, 0.25) is 0 Å². The number of para-hydroxylation sites is 1. The number of pyridine rings is 1. The topological polar surface area (TPSA) is 45.2 Å². The number of carbonyl (C=O) groups excluding carboxylic acids is 1. The van der Waals surface area contributed by atoms with Crippen LogP contribution in [0.4, 0.5) is 11.4 Å². The van der Waals surface area contributed by atoms with Crippen LogP contribution in [0.25, 0.3) is 10.9 Å². The normalized spacial score (nSPS) is 18.8. The van der Waals surface area contributed by atoms with E-state index in [-0.39, 0.29) is 5.91 Å². The van der Waals surface area contributed by atoms with Crippen LogP contribution in [0.5, 0.6) is 0 Å². The number of benzene rings is 2. The summed E-state index contributed by atoms with van der Waals surface area (Å²) >= 11 is 0. The molecule has 1 atom stereocenters. The van der Waals surface area contributed by atoms with Gasteiger partial charge in [-0.1, -0.05) is 29.8 Å². The fraction of sp³-hybridized carbons (Fsp3) is 0.280. The van der Waals surface area contributed by atoms with E-state index >= 15 is 0 Å². The summed E-state index contributed by atoms with van der Waals surface area (Å²) in [7, 11) is 0. The minimum absolute atomic E-state index is 0.109. The van der Waals surface area contributed by atoms with E-state index in [1.54, 1.807) is 11.8 Å². The number of anilines is 2. The molecular weight excluding hydrogens is 358 g/mol. The number of carbonyl (C=O) groups is 1. The van der Waals surface area contributed by atoms with Gasteiger partial charge in [0.1, 0.15) is 0 Å². The van der Waals surface area contributed by atoms with Crippen molar-refractivity contribution in [3.63, 3.8) is 0 Å². The molecule has 5 rings (SSSR count). The van der Waals surface area contributed by atoms with Gasteiger partial charge in [0.05, 0.1) is 17.4 Å². The molecular formula is C25H25N3O. The predicted octanol–water partition coefficient (Wildman–Crippen LogP) is 5.42. The molecule has 1 aliphatic carbocycles. The lowest BCUT2D eigenvalue weighted by molar-refractivity contribution is 0.102. The maximum absolute atomic E-state index is 12.7. The lowest BCUT2D eigenvalue weighted by atomic mass is 9.82. The van der Waals surface area contributed by atoms with Gasteiger partial charge in [-0.2, -0.15) is 0 Å². The number of hydrogen-bond acceptors (Lipinski definition) is 3. The molecule has 4 nitrogen and oxygen atoms in total. The molecule has 3 aromatic rings. The van der Waals surface area contributed by atoms with E-state index in [0.717, 1.165) is 29.9 Å². The Balaban J connectivity index is 1.28. The van der Waals surface area contributed by atoms with Gasteiger partial charge in [-0.3, -0.25) is 9.78 Å². The number of nitrogens with one attached hydrogen (secondary N) is 1. The van der Waals surface area contributed by atoms with Crippen molar-refractivity contribution in [1.29, 1.82) is 0 Å². The highest BCUT2D eigenvalue weighted by molar-refractivity contribution is 6.05. The molecule has 4 heteroatoms. The summed E-state index contributed by atoms with van der Waals surface area (Å²) in [5, 5.41) is 3.98. The first-order valence-corrected chi connectivity index (χ1v) is 10.5. The van der Waals surface area contributed by atoms with Gasteiger partial charge >= 0.3 is 0 Å². The number of rotatable bonds is 3. The lowest BCUT2D eigenvalue weighted by Crippen LogP contribution is -2.36. The van der Waals surface area contributed by atoms with E-state index in [0.29, 0.717) is 11.3 Å². The van der Waals surface area contributed by atoms with Gasteiger partial charge in [0, 0.05) is 29.7 Å². The van der Waals surface area contributed by atoms with Gasteiger partial charge < -0.3 is 10.2 Å². The Labute approximate surface area is 171 Å². The second-order valence-electron chi connectivity index (χ2n) is 8.03. The minimum atomic E-state index is -0.109. The van der Waals surface area contributed by atoms with Crippen molar-refractivity contribution < 1.29 is 4.79 Å². The average Bonchev–Trinajstić information content (AvgIpc) is 2.79. The monoisotopic (exact) mass is 383 g/mol. The van der Waals surface area contributed by atoms with E-state index in [4.69, 9.17) is 0 Å². The molecule has 29 heavy (non-hydrogen) atoms. The lowest BCUT2D eigenvalue weighted by Gasteiger charge is -2.37. The molecule has 2 aliphatic rings. The zero-order chi connectivity index (χ0) is 19.6. The Kier molecular flexibility index (Phi) is 4.76. The maximum atomic E-state index is 12.7. The van der Waals surface area contributed by atoms with Crippen LogP contribution < -0.4 is 10.2 Å². The van der Waals surface area contributed by atoms with E-state index in [9.17, 15) is 4.79 Å². The fourth-order valence-corrected chi connectivity index (χ4v) is 4.52. The van der Waals surface area contributed by atoms with E-state index in [1.807, 2.05) is 42.5 Å². The van der Waals surface area contributed by atoms with Crippen LogP contribution in [0.3, 0.4) is 0 Å². The number of hydrogen-bond donors (Lipinski definition) is 1. The van der Waals surface area contributed by atoms with Crippen LogP contribution in [-0.2, 0) is 0 Å². The number of piperidine rings is 1. The van der Waals surface area contributed by atoms with Gasteiger partial charge in [0.15, 0.2) is 0 Å². The molecule has 0 bridgehead atoms. The van der Waals surface area contributed by atoms with Crippen LogP contribution in [0.1, 0.15) is 36.0 Å². The first-order chi connectivity index (χ1) is 14.3. The largest absolute Gasteiger partial charge is 0.368 e. The maximum Gasteiger partial charge on any atom is 0.255 e. The third-order valence-electron chi connectivity index (χ3n) is 6.15. The Morgan fingerprint density at radius 1 is 1.07 bits per heavy atom. The summed E-state index contributed by atoms with van der Waals surface area (Å²) in [4.78, 5) is 19.5. The molecule has 1 N–H and O–H groups in total. The fourth-order valence-electron chi connectivity index (χ4n) is 4.52. The third-order valence-corrected chi connectivity index (χ3v) is 6.15. The number of fused-ring (bicyclic) bond motifs is 2. The third kappa shape index (κ3) is 3.75. The Morgan fingerprint density at radius 3 is 2.83 bits per heavy atom. The molecule has 0 saturated carbocycles. The minimum Gasteiger partial charge on any atom is -0.368 e. The summed E-state index contributed by atoms with van der Waals surface area (Å²) in [6.45, 7) is 2.12. The number of nitrogens with zero attached hydrogens (tertiary/aromatic N) is 2. The van der Waals surface area contributed by atoms with Crippen molar-refractivity contribution >= 4 is 28.2 Å². The van der Waals surface area contributed by atoms with E-state index in [1.165, 1.54) is 31.4 Å². The van der Waals surface area contributed by atoms with Crippen LogP contribution in [0.15, 0.2) is 72.4 Å². The van der Waals surface area contributed by atoms with Crippen molar-refractivity contribution in [2.75, 3.05) is 23.3 Å². The van der Waals surface area contributed by atoms with Crippen LogP contribution in [0.2, 0.25) is 0 Å². The quantitative estimate of drug-likeness (QED) is 0.614. The zero-order valence-corrected chi connectivity index (χ0v) is 16.5. The second-order valence-corrected chi connectivity index (χ2v) is 8.03.